The van der Waals surface area contributed by atoms with E-state index in [1.54, 1.807) is 12.1 Å². The fourth-order valence-electron chi connectivity index (χ4n) is 4.20. The molecule has 1 atom stereocenters. The van der Waals surface area contributed by atoms with Gasteiger partial charge in [-0.2, -0.15) is 0 Å². The molecule has 8 nitrogen and oxygen atoms in total. The molecule has 0 radical (unpaired) electrons. The van der Waals surface area contributed by atoms with Crippen LogP contribution in [0.5, 0.6) is 0 Å². The molecule has 4 rings (SSSR count). The van der Waals surface area contributed by atoms with Gasteiger partial charge in [-0.25, -0.2) is 14.4 Å². The van der Waals surface area contributed by atoms with Gasteiger partial charge in [-0.1, -0.05) is 6.92 Å². The highest BCUT2D eigenvalue weighted by atomic mass is 19.1. The first-order valence-corrected chi connectivity index (χ1v) is 10.0. The van der Waals surface area contributed by atoms with E-state index in [-0.39, 0.29) is 16.4 Å². The molecule has 3 heterocycles. The van der Waals surface area contributed by atoms with Gasteiger partial charge in [-0.15, -0.1) is 0 Å². The third-order valence-corrected chi connectivity index (χ3v) is 5.69. The Hall–Kier alpha value is -2.97. The van der Waals surface area contributed by atoms with Crippen molar-refractivity contribution < 1.29 is 9.31 Å². The minimum Gasteiger partial charge on any atom is -0.368 e. The Kier molecular flexibility index (Phi) is 5.46. The summed E-state index contributed by atoms with van der Waals surface area (Å²) in [5, 5.41) is 12.0. The van der Waals surface area contributed by atoms with Crippen LogP contribution in [0.4, 0.5) is 27.4 Å². The zero-order chi connectivity index (χ0) is 20.4. The van der Waals surface area contributed by atoms with Crippen LogP contribution in [0.1, 0.15) is 19.8 Å². The van der Waals surface area contributed by atoms with Crippen molar-refractivity contribution in [2.24, 2.45) is 5.92 Å². The zero-order valence-electron chi connectivity index (χ0n) is 16.5. The van der Waals surface area contributed by atoms with Crippen LogP contribution in [-0.4, -0.2) is 54.2 Å². The number of nitro groups is 1. The average molecular weight is 400 g/mol. The van der Waals surface area contributed by atoms with Gasteiger partial charge in [0, 0.05) is 45.0 Å². The number of nitrogens with zero attached hydrogens (tertiary/aromatic N) is 6. The molecule has 0 bridgehead atoms. The van der Waals surface area contributed by atoms with Crippen molar-refractivity contribution in [1.29, 1.82) is 0 Å². The lowest BCUT2D eigenvalue weighted by atomic mass is 10.0. The molecular formula is C20H25FN6O2. The third-order valence-electron chi connectivity index (χ3n) is 5.69. The number of piperidine rings is 1. The molecule has 1 aromatic carbocycles. The van der Waals surface area contributed by atoms with E-state index in [4.69, 9.17) is 0 Å². The topological polar surface area (TPSA) is 78.6 Å². The van der Waals surface area contributed by atoms with Crippen molar-refractivity contribution in [3.05, 3.63) is 46.5 Å². The van der Waals surface area contributed by atoms with Crippen molar-refractivity contribution in [2.45, 2.75) is 19.8 Å². The second-order valence-electron chi connectivity index (χ2n) is 7.77. The highest BCUT2D eigenvalue weighted by Gasteiger charge is 2.32. The summed E-state index contributed by atoms with van der Waals surface area (Å²) in [6.45, 7) is 6.28. The number of anilines is 3. The number of aromatic nitrogens is 2. The highest BCUT2D eigenvalue weighted by molar-refractivity contribution is 5.71. The monoisotopic (exact) mass is 400 g/mol. The van der Waals surface area contributed by atoms with Crippen LogP contribution in [0.15, 0.2) is 30.6 Å². The smallest absolute Gasteiger partial charge is 0.353 e. The van der Waals surface area contributed by atoms with Crippen LogP contribution in [0.2, 0.25) is 0 Å². The summed E-state index contributed by atoms with van der Waals surface area (Å²) in [5.74, 6) is 1.04. The van der Waals surface area contributed by atoms with E-state index in [0.29, 0.717) is 43.7 Å². The molecule has 0 aliphatic carbocycles. The fraction of sp³-hybridized carbons (Fsp3) is 0.500. The maximum Gasteiger partial charge on any atom is 0.353 e. The van der Waals surface area contributed by atoms with Crippen LogP contribution >= 0.6 is 0 Å². The Balaban J connectivity index is 1.55. The SMILES string of the molecule is CC1CCCN(c2ncnc(N3CCN(c4ccc(F)cc4)CC3)c2[N+](=O)[O-])C1. The molecule has 2 aromatic rings. The largest absolute Gasteiger partial charge is 0.368 e. The molecule has 29 heavy (non-hydrogen) atoms. The maximum atomic E-state index is 13.2. The highest BCUT2D eigenvalue weighted by Crippen LogP contribution is 2.36. The molecule has 2 aliphatic rings. The lowest BCUT2D eigenvalue weighted by Crippen LogP contribution is -2.47. The summed E-state index contributed by atoms with van der Waals surface area (Å²) in [4.78, 5) is 26.3. The predicted molar refractivity (Wildman–Crippen MR) is 110 cm³/mol. The van der Waals surface area contributed by atoms with E-state index < -0.39 is 0 Å². The summed E-state index contributed by atoms with van der Waals surface area (Å²) < 4.78 is 13.2. The molecule has 1 unspecified atom stereocenters. The number of hydrogen-bond acceptors (Lipinski definition) is 7. The van der Waals surface area contributed by atoms with Crippen molar-refractivity contribution in [3.63, 3.8) is 0 Å². The van der Waals surface area contributed by atoms with Crippen LogP contribution < -0.4 is 14.7 Å². The van der Waals surface area contributed by atoms with Crippen molar-refractivity contribution in [2.75, 3.05) is 54.0 Å². The van der Waals surface area contributed by atoms with Crippen LogP contribution in [0, 0.1) is 21.8 Å². The van der Waals surface area contributed by atoms with Gasteiger partial charge < -0.3 is 14.7 Å². The quantitative estimate of drug-likeness (QED) is 0.576. The molecule has 0 saturated carbocycles. The summed E-state index contributed by atoms with van der Waals surface area (Å²) in [7, 11) is 0. The van der Waals surface area contributed by atoms with Gasteiger partial charge in [-0.05, 0) is 43.0 Å². The minimum absolute atomic E-state index is 0.00293. The molecule has 0 N–H and O–H groups in total. The fourth-order valence-corrected chi connectivity index (χ4v) is 4.20. The molecule has 0 spiro atoms. The predicted octanol–water partition coefficient (Wildman–Crippen LogP) is 3.09. The molecule has 2 fully saturated rings. The lowest BCUT2D eigenvalue weighted by molar-refractivity contribution is -0.383. The Bertz CT molecular complexity index is 870. The van der Waals surface area contributed by atoms with Crippen molar-refractivity contribution in [3.8, 4) is 0 Å². The second-order valence-corrected chi connectivity index (χ2v) is 7.77. The van der Waals surface area contributed by atoms with E-state index in [0.717, 1.165) is 31.6 Å². The Morgan fingerprint density at radius 3 is 2.24 bits per heavy atom. The van der Waals surface area contributed by atoms with Crippen molar-refractivity contribution in [1.82, 2.24) is 9.97 Å². The normalized spacial score (nSPS) is 20.1. The average Bonchev–Trinajstić information content (AvgIpc) is 2.74. The zero-order valence-corrected chi connectivity index (χ0v) is 16.5. The standard InChI is InChI=1S/C20H25FN6O2/c1-15-3-2-8-26(13-15)20-18(27(28)29)19(22-14-23-20)25-11-9-24(10-12-25)17-6-4-16(21)5-7-17/h4-7,14-15H,2-3,8-13H2,1H3. The summed E-state index contributed by atoms with van der Waals surface area (Å²) >= 11 is 0. The van der Waals surface area contributed by atoms with Gasteiger partial charge in [0.05, 0.1) is 4.92 Å². The van der Waals surface area contributed by atoms with E-state index in [2.05, 4.69) is 21.8 Å². The summed E-state index contributed by atoms with van der Waals surface area (Å²) in [5.41, 5.74) is 0.947. The molecule has 2 aliphatic heterocycles. The van der Waals surface area contributed by atoms with Crippen LogP contribution in [0.3, 0.4) is 0 Å². The molecule has 154 valence electrons. The Morgan fingerprint density at radius 1 is 1.00 bits per heavy atom. The molecule has 0 amide bonds. The van der Waals surface area contributed by atoms with E-state index >= 15 is 0 Å². The van der Waals surface area contributed by atoms with Gasteiger partial charge in [0.1, 0.15) is 12.1 Å². The first kappa shape index (κ1) is 19.4. The molecule has 9 heteroatoms. The third kappa shape index (κ3) is 4.08. The summed E-state index contributed by atoms with van der Waals surface area (Å²) in [6, 6.07) is 6.41. The van der Waals surface area contributed by atoms with Crippen LogP contribution in [-0.2, 0) is 0 Å². The van der Waals surface area contributed by atoms with E-state index in [1.165, 1.54) is 18.5 Å². The molecular weight excluding hydrogens is 375 g/mol. The first-order valence-electron chi connectivity index (χ1n) is 10.0. The Labute approximate surface area is 169 Å². The van der Waals surface area contributed by atoms with Gasteiger partial charge in [0.15, 0.2) is 0 Å². The molecule has 2 saturated heterocycles. The number of rotatable bonds is 4. The van der Waals surface area contributed by atoms with Gasteiger partial charge >= 0.3 is 5.69 Å². The van der Waals surface area contributed by atoms with Crippen molar-refractivity contribution >= 4 is 23.0 Å². The van der Waals surface area contributed by atoms with Gasteiger partial charge in [-0.3, -0.25) is 10.1 Å². The first-order chi connectivity index (χ1) is 14.0. The number of hydrogen-bond donors (Lipinski definition) is 0. The van der Waals surface area contributed by atoms with Crippen LogP contribution in [0.25, 0.3) is 0 Å². The van der Waals surface area contributed by atoms with E-state index in [9.17, 15) is 14.5 Å². The van der Waals surface area contributed by atoms with E-state index in [1.807, 2.05) is 9.80 Å². The number of benzene rings is 1. The minimum atomic E-state index is -0.351. The second kappa shape index (κ2) is 8.18. The Morgan fingerprint density at radius 2 is 1.62 bits per heavy atom. The lowest BCUT2D eigenvalue weighted by Gasteiger charge is -2.37. The van der Waals surface area contributed by atoms with Gasteiger partial charge in [0.2, 0.25) is 11.6 Å². The summed E-state index contributed by atoms with van der Waals surface area (Å²) in [6.07, 6.45) is 3.57. The van der Waals surface area contributed by atoms with Gasteiger partial charge in [0.25, 0.3) is 0 Å². The number of piperazine rings is 1. The molecule has 1 aromatic heterocycles. The number of halogens is 1. The maximum absolute atomic E-state index is 13.2.